The predicted octanol–water partition coefficient (Wildman–Crippen LogP) is 2.72. The van der Waals surface area contributed by atoms with E-state index in [0.29, 0.717) is 5.69 Å². The maximum Gasteiger partial charge on any atom is 0.412 e. The van der Waals surface area contributed by atoms with Crippen LogP contribution in [0.4, 0.5) is 10.5 Å². The number of aliphatic carboxylic acids is 1. The number of rotatable bonds is 4. The third-order valence-electron chi connectivity index (χ3n) is 3.32. The number of carbonyl (C=O) groups is 2. The van der Waals surface area contributed by atoms with Gasteiger partial charge in [0.25, 0.3) is 0 Å². The van der Waals surface area contributed by atoms with E-state index in [4.69, 9.17) is 15.6 Å². The lowest BCUT2D eigenvalue weighted by Gasteiger charge is -2.29. The summed E-state index contributed by atoms with van der Waals surface area (Å²) in [5, 5.41) is 11.7. The van der Waals surface area contributed by atoms with Crippen LogP contribution >= 0.6 is 0 Å². The molecule has 0 aliphatic heterocycles. The summed E-state index contributed by atoms with van der Waals surface area (Å²) in [6, 6.07) is 5.85. The number of carboxylic acid groups (broad SMARTS) is 1. The van der Waals surface area contributed by atoms with Crippen molar-refractivity contribution in [2.45, 2.75) is 51.7 Å². The molecule has 122 valence electrons. The molecule has 1 aromatic rings. The number of carbonyl (C=O) groups excluding carboxylic acids is 1. The Balaban J connectivity index is 2.83. The molecule has 1 unspecified atom stereocenters. The number of amides is 1. The van der Waals surface area contributed by atoms with Crippen LogP contribution in [-0.4, -0.2) is 28.8 Å². The number of hydrogen-bond acceptors (Lipinski definition) is 4. The maximum absolute atomic E-state index is 11.7. The summed E-state index contributed by atoms with van der Waals surface area (Å²) in [6.45, 7) is 8.88. The highest BCUT2D eigenvalue weighted by atomic mass is 16.6. The van der Waals surface area contributed by atoms with E-state index in [1.165, 1.54) is 0 Å². The molecule has 0 heterocycles. The second-order valence-corrected chi connectivity index (χ2v) is 6.74. The first-order valence-corrected chi connectivity index (χ1v) is 7.02. The van der Waals surface area contributed by atoms with E-state index in [0.717, 1.165) is 5.56 Å². The lowest BCUT2D eigenvalue weighted by Crippen LogP contribution is -2.46. The largest absolute Gasteiger partial charge is 0.480 e. The standard InChI is InChI=1S/C16H24N2O4/c1-15(2,3)22-14(21)18-11-8-6-10(7-9-11)16(4,5)12(17)13(19)20/h6-9,12H,17H2,1-5H3,(H,18,21)(H,19,20). The van der Waals surface area contributed by atoms with Crippen molar-refractivity contribution in [3.05, 3.63) is 29.8 Å². The van der Waals surface area contributed by atoms with E-state index in [9.17, 15) is 9.59 Å². The van der Waals surface area contributed by atoms with Crippen molar-refractivity contribution in [2.24, 2.45) is 5.73 Å². The lowest BCUT2D eigenvalue weighted by atomic mass is 9.78. The summed E-state index contributed by atoms with van der Waals surface area (Å²) in [6.07, 6.45) is -0.540. The van der Waals surface area contributed by atoms with Gasteiger partial charge < -0.3 is 15.6 Å². The minimum Gasteiger partial charge on any atom is -0.480 e. The normalized spacial score (nSPS) is 13.4. The molecular formula is C16H24N2O4. The van der Waals surface area contributed by atoms with E-state index in [2.05, 4.69) is 5.32 Å². The fourth-order valence-corrected chi connectivity index (χ4v) is 1.89. The molecule has 1 aromatic carbocycles. The molecule has 0 bridgehead atoms. The Morgan fingerprint density at radius 3 is 2.05 bits per heavy atom. The molecule has 1 amide bonds. The summed E-state index contributed by atoms with van der Waals surface area (Å²) in [7, 11) is 0. The van der Waals surface area contributed by atoms with Gasteiger partial charge in [0.05, 0.1) is 0 Å². The van der Waals surface area contributed by atoms with Crippen LogP contribution in [0.1, 0.15) is 40.2 Å². The summed E-state index contributed by atoms with van der Waals surface area (Å²) in [5.74, 6) is -1.05. The Bertz CT molecular complexity index is 544. The minimum atomic E-state index is -1.05. The Kier molecular flexibility index (Phi) is 5.19. The van der Waals surface area contributed by atoms with Crippen molar-refractivity contribution in [3.8, 4) is 0 Å². The maximum atomic E-state index is 11.7. The number of benzene rings is 1. The van der Waals surface area contributed by atoms with Gasteiger partial charge in [0.15, 0.2) is 0 Å². The number of carboxylic acids is 1. The Labute approximate surface area is 130 Å². The van der Waals surface area contributed by atoms with Crippen LogP contribution in [0.25, 0.3) is 0 Å². The zero-order valence-electron chi connectivity index (χ0n) is 13.6. The van der Waals surface area contributed by atoms with Crippen molar-refractivity contribution in [2.75, 3.05) is 5.32 Å². The van der Waals surface area contributed by atoms with Crippen molar-refractivity contribution in [1.82, 2.24) is 0 Å². The lowest BCUT2D eigenvalue weighted by molar-refractivity contribution is -0.140. The summed E-state index contributed by atoms with van der Waals surface area (Å²) < 4.78 is 5.16. The highest BCUT2D eigenvalue weighted by Crippen LogP contribution is 2.27. The number of nitrogens with one attached hydrogen (secondary N) is 1. The summed E-state index contributed by atoms with van der Waals surface area (Å²) in [5.41, 5.74) is 5.77. The zero-order chi connectivity index (χ0) is 17.1. The Morgan fingerprint density at radius 2 is 1.64 bits per heavy atom. The molecule has 0 aliphatic rings. The van der Waals surface area contributed by atoms with Crippen LogP contribution in [-0.2, 0) is 14.9 Å². The second-order valence-electron chi connectivity index (χ2n) is 6.74. The summed E-state index contributed by atoms with van der Waals surface area (Å²) in [4.78, 5) is 22.7. The fourth-order valence-electron chi connectivity index (χ4n) is 1.89. The molecular weight excluding hydrogens is 284 g/mol. The molecule has 0 aromatic heterocycles. The first kappa shape index (κ1) is 18.0. The number of nitrogens with two attached hydrogens (primary N) is 1. The predicted molar refractivity (Wildman–Crippen MR) is 84.9 cm³/mol. The zero-order valence-corrected chi connectivity index (χ0v) is 13.6. The quantitative estimate of drug-likeness (QED) is 0.793. The van der Waals surface area contributed by atoms with Crippen LogP contribution < -0.4 is 11.1 Å². The molecule has 4 N–H and O–H groups in total. The smallest absolute Gasteiger partial charge is 0.412 e. The number of hydrogen-bond donors (Lipinski definition) is 3. The third-order valence-corrected chi connectivity index (χ3v) is 3.32. The summed E-state index contributed by atoms with van der Waals surface area (Å²) >= 11 is 0. The molecule has 0 fully saturated rings. The Morgan fingerprint density at radius 1 is 1.14 bits per heavy atom. The number of ether oxygens (including phenoxy) is 1. The van der Waals surface area contributed by atoms with Crippen LogP contribution in [0, 0.1) is 0 Å². The van der Waals surface area contributed by atoms with Gasteiger partial charge in [-0.1, -0.05) is 26.0 Å². The topological polar surface area (TPSA) is 102 Å². The molecule has 1 rings (SSSR count). The molecule has 0 saturated carbocycles. The van der Waals surface area contributed by atoms with E-state index >= 15 is 0 Å². The average molecular weight is 308 g/mol. The molecule has 0 aliphatic carbocycles. The van der Waals surface area contributed by atoms with Crippen molar-refractivity contribution >= 4 is 17.7 Å². The molecule has 1 atom stereocenters. The van der Waals surface area contributed by atoms with E-state index < -0.39 is 29.1 Å². The van der Waals surface area contributed by atoms with E-state index in [1.807, 2.05) is 0 Å². The van der Waals surface area contributed by atoms with Gasteiger partial charge >= 0.3 is 12.1 Å². The first-order chi connectivity index (χ1) is 9.93. The highest BCUT2D eigenvalue weighted by Gasteiger charge is 2.33. The fraction of sp³-hybridized carbons (Fsp3) is 0.500. The van der Waals surface area contributed by atoms with Gasteiger partial charge in [-0.2, -0.15) is 0 Å². The van der Waals surface area contributed by atoms with E-state index in [-0.39, 0.29) is 0 Å². The third kappa shape index (κ3) is 4.73. The second kappa shape index (κ2) is 6.36. The van der Waals surface area contributed by atoms with E-state index in [1.54, 1.807) is 58.9 Å². The molecule has 22 heavy (non-hydrogen) atoms. The highest BCUT2D eigenvalue weighted by molar-refractivity contribution is 5.85. The van der Waals surface area contributed by atoms with Gasteiger partial charge in [-0.3, -0.25) is 10.1 Å². The monoisotopic (exact) mass is 308 g/mol. The molecule has 0 saturated heterocycles. The van der Waals surface area contributed by atoms with Crippen LogP contribution in [0.2, 0.25) is 0 Å². The van der Waals surface area contributed by atoms with Crippen molar-refractivity contribution < 1.29 is 19.4 Å². The molecule has 0 radical (unpaired) electrons. The number of anilines is 1. The van der Waals surface area contributed by atoms with Gasteiger partial charge in [0.2, 0.25) is 0 Å². The van der Waals surface area contributed by atoms with Crippen LogP contribution in [0.3, 0.4) is 0 Å². The first-order valence-electron chi connectivity index (χ1n) is 7.02. The average Bonchev–Trinajstić information content (AvgIpc) is 2.35. The van der Waals surface area contributed by atoms with Crippen LogP contribution in [0.5, 0.6) is 0 Å². The Hall–Kier alpha value is -2.08. The van der Waals surface area contributed by atoms with Crippen LogP contribution in [0.15, 0.2) is 24.3 Å². The van der Waals surface area contributed by atoms with Gasteiger partial charge in [0.1, 0.15) is 11.6 Å². The van der Waals surface area contributed by atoms with Gasteiger partial charge in [-0.05, 0) is 38.5 Å². The molecule has 6 heteroatoms. The van der Waals surface area contributed by atoms with Gasteiger partial charge in [-0.25, -0.2) is 4.79 Å². The van der Waals surface area contributed by atoms with Gasteiger partial charge in [0, 0.05) is 11.1 Å². The van der Waals surface area contributed by atoms with Gasteiger partial charge in [-0.15, -0.1) is 0 Å². The SMILES string of the molecule is CC(C)(C)OC(=O)Nc1ccc(C(C)(C)C(N)C(=O)O)cc1. The van der Waals surface area contributed by atoms with Crippen molar-refractivity contribution in [1.29, 1.82) is 0 Å². The minimum absolute atomic E-state index is 0.540. The molecule has 6 nitrogen and oxygen atoms in total. The van der Waals surface area contributed by atoms with Crippen molar-refractivity contribution in [3.63, 3.8) is 0 Å². The molecule has 0 spiro atoms.